The Morgan fingerprint density at radius 1 is 1.08 bits per heavy atom. The molecule has 68 valence electrons. The highest BCUT2D eigenvalue weighted by atomic mass is 16.5. The van der Waals surface area contributed by atoms with Gasteiger partial charge >= 0.3 is 0 Å². The molecule has 0 bridgehead atoms. The molecule has 0 aromatic heterocycles. The first-order valence-electron chi connectivity index (χ1n) is 4.30. The molecule has 0 unspecified atom stereocenters. The van der Waals surface area contributed by atoms with Crippen LogP contribution in [-0.4, -0.2) is 7.11 Å². The number of methoxy groups -OCH3 is 1. The zero-order valence-electron chi connectivity index (χ0n) is 8.03. The van der Waals surface area contributed by atoms with Gasteiger partial charge < -0.3 is 4.74 Å². The maximum atomic E-state index is 5.06. The first kappa shape index (κ1) is 9.59. The molecule has 0 heterocycles. The summed E-state index contributed by atoms with van der Waals surface area (Å²) in [5.41, 5.74) is 1.18. The molecule has 0 aliphatic carbocycles. The summed E-state index contributed by atoms with van der Waals surface area (Å²) in [6.45, 7) is 2.00. The zero-order valence-corrected chi connectivity index (χ0v) is 8.03. The average molecular weight is 174 g/mol. The summed E-state index contributed by atoms with van der Waals surface area (Å²) in [5, 5.41) is 0. The highest BCUT2D eigenvalue weighted by molar-refractivity contribution is 5.52. The van der Waals surface area contributed by atoms with Crippen molar-refractivity contribution in [3.8, 4) is 5.75 Å². The van der Waals surface area contributed by atoms with Crippen molar-refractivity contribution in [3.63, 3.8) is 0 Å². The van der Waals surface area contributed by atoms with E-state index in [-0.39, 0.29) is 0 Å². The van der Waals surface area contributed by atoms with Crippen molar-refractivity contribution in [2.45, 2.75) is 6.92 Å². The van der Waals surface area contributed by atoms with Crippen LogP contribution in [0, 0.1) is 0 Å². The molecule has 1 aromatic carbocycles. The number of ether oxygens (including phenoxy) is 1. The van der Waals surface area contributed by atoms with Gasteiger partial charge in [-0.2, -0.15) is 0 Å². The molecule has 0 saturated heterocycles. The highest BCUT2D eigenvalue weighted by Crippen LogP contribution is 2.12. The average Bonchev–Trinajstić information content (AvgIpc) is 2.19. The Morgan fingerprint density at radius 3 is 2.31 bits per heavy atom. The highest BCUT2D eigenvalue weighted by Gasteiger charge is 1.88. The molecule has 0 aliphatic heterocycles. The molecule has 0 radical (unpaired) electrons. The minimum Gasteiger partial charge on any atom is -0.497 e. The first-order chi connectivity index (χ1) is 6.36. The Balaban J connectivity index is 2.69. The van der Waals surface area contributed by atoms with Crippen LogP contribution in [0.4, 0.5) is 0 Å². The predicted molar refractivity (Wildman–Crippen MR) is 56.8 cm³/mol. The van der Waals surface area contributed by atoms with Crippen LogP contribution in [0.5, 0.6) is 5.75 Å². The largest absolute Gasteiger partial charge is 0.497 e. The molecule has 0 aliphatic rings. The maximum Gasteiger partial charge on any atom is 0.118 e. The molecule has 0 amide bonds. The number of hydrogen-bond acceptors (Lipinski definition) is 1. The van der Waals surface area contributed by atoms with E-state index in [0.29, 0.717) is 0 Å². The predicted octanol–water partition coefficient (Wildman–Crippen LogP) is 3.28. The number of benzene rings is 1. The third-order valence-electron chi connectivity index (χ3n) is 1.71. The van der Waals surface area contributed by atoms with E-state index in [1.165, 1.54) is 5.56 Å². The summed E-state index contributed by atoms with van der Waals surface area (Å²) in [4.78, 5) is 0. The Morgan fingerprint density at radius 2 is 1.77 bits per heavy atom. The van der Waals surface area contributed by atoms with Crippen LogP contribution in [0.25, 0.3) is 6.08 Å². The van der Waals surface area contributed by atoms with Gasteiger partial charge in [-0.05, 0) is 24.6 Å². The second kappa shape index (κ2) is 5.20. The molecule has 0 atom stereocenters. The van der Waals surface area contributed by atoms with Gasteiger partial charge in [0.05, 0.1) is 7.11 Å². The van der Waals surface area contributed by atoms with E-state index in [9.17, 15) is 0 Å². The van der Waals surface area contributed by atoms with Crippen LogP contribution < -0.4 is 4.74 Å². The van der Waals surface area contributed by atoms with Gasteiger partial charge in [-0.25, -0.2) is 0 Å². The summed E-state index contributed by atoms with van der Waals surface area (Å²) in [6, 6.07) is 7.96. The summed E-state index contributed by atoms with van der Waals surface area (Å²) < 4.78 is 5.06. The Bertz CT molecular complexity index is 293. The summed E-state index contributed by atoms with van der Waals surface area (Å²) in [5.74, 6) is 0.892. The van der Waals surface area contributed by atoms with Crippen molar-refractivity contribution in [1.29, 1.82) is 0 Å². The van der Waals surface area contributed by atoms with E-state index < -0.39 is 0 Å². The lowest BCUT2D eigenvalue weighted by molar-refractivity contribution is 0.415. The van der Waals surface area contributed by atoms with Gasteiger partial charge in [-0.1, -0.05) is 36.4 Å². The van der Waals surface area contributed by atoms with Gasteiger partial charge in [-0.3, -0.25) is 0 Å². The van der Waals surface area contributed by atoms with Crippen molar-refractivity contribution >= 4 is 6.08 Å². The SMILES string of the molecule is C/C=C/C=C/c1ccc(OC)cc1. The lowest BCUT2D eigenvalue weighted by Crippen LogP contribution is -1.81. The van der Waals surface area contributed by atoms with Gasteiger partial charge in [0, 0.05) is 0 Å². The summed E-state index contributed by atoms with van der Waals surface area (Å²) in [7, 11) is 1.67. The topological polar surface area (TPSA) is 9.23 Å². The fraction of sp³-hybridized carbons (Fsp3) is 0.167. The smallest absolute Gasteiger partial charge is 0.118 e. The summed E-state index contributed by atoms with van der Waals surface area (Å²) in [6.07, 6.45) is 8.07. The normalized spacial score (nSPS) is 11.2. The monoisotopic (exact) mass is 174 g/mol. The second-order valence-electron chi connectivity index (χ2n) is 2.66. The number of rotatable bonds is 3. The lowest BCUT2D eigenvalue weighted by Gasteiger charge is -1.98. The lowest BCUT2D eigenvalue weighted by atomic mass is 10.2. The minimum atomic E-state index is 0.892. The van der Waals surface area contributed by atoms with Crippen molar-refractivity contribution in [2.75, 3.05) is 7.11 Å². The molecule has 0 fully saturated rings. The van der Waals surface area contributed by atoms with Gasteiger partial charge in [0.1, 0.15) is 5.75 Å². The van der Waals surface area contributed by atoms with Crippen molar-refractivity contribution in [1.82, 2.24) is 0 Å². The van der Waals surface area contributed by atoms with E-state index in [1.807, 2.05) is 49.4 Å². The number of allylic oxidation sites excluding steroid dienone is 3. The molecule has 13 heavy (non-hydrogen) atoms. The fourth-order valence-corrected chi connectivity index (χ4v) is 0.993. The number of hydrogen-bond donors (Lipinski definition) is 0. The van der Waals surface area contributed by atoms with Crippen molar-refractivity contribution in [2.24, 2.45) is 0 Å². The molecular formula is C12H14O. The molecule has 0 N–H and O–H groups in total. The van der Waals surface area contributed by atoms with Crippen molar-refractivity contribution < 1.29 is 4.74 Å². The van der Waals surface area contributed by atoms with E-state index in [2.05, 4.69) is 6.08 Å². The third-order valence-corrected chi connectivity index (χ3v) is 1.71. The molecule has 0 spiro atoms. The molecular weight excluding hydrogens is 160 g/mol. The van der Waals surface area contributed by atoms with E-state index in [0.717, 1.165) is 5.75 Å². The van der Waals surface area contributed by atoms with Crippen LogP contribution in [0.3, 0.4) is 0 Å². The van der Waals surface area contributed by atoms with Crippen LogP contribution in [0.15, 0.2) is 42.5 Å². The molecule has 0 saturated carbocycles. The summed E-state index contributed by atoms with van der Waals surface area (Å²) >= 11 is 0. The quantitative estimate of drug-likeness (QED) is 0.639. The Kier molecular flexibility index (Phi) is 3.83. The third kappa shape index (κ3) is 3.16. The Hall–Kier alpha value is -1.50. The van der Waals surface area contributed by atoms with E-state index in [1.54, 1.807) is 7.11 Å². The van der Waals surface area contributed by atoms with Crippen LogP contribution in [-0.2, 0) is 0 Å². The molecule has 1 aromatic rings. The van der Waals surface area contributed by atoms with E-state index in [4.69, 9.17) is 4.74 Å². The molecule has 1 nitrogen and oxygen atoms in total. The van der Waals surface area contributed by atoms with Crippen LogP contribution in [0.1, 0.15) is 12.5 Å². The first-order valence-corrected chi connectivity index (χ1v) is 4.30. The maximum absolute atomic E-state index is 5.06. The van der Waals surface area contributed by atoms with Gasteiger partial charge in [0.15, 0.2) is 0 Å². The Labute approximate surface area is 79.4 Å². The minimum absolute atomic E-state index is 0.892. The second-order valence-corrected chi connectivity index (χ2v) is 2.66. The van der Waals surface area contributed by atoms with Crippen molar-refractivity contribution in [3.05, 3.63) is 48.1 Å². The van der Waals surface area contributed by atoms with Gasteiger partial charge in [0.2, 0.25) is 0 Å². The van der Waals surface area contributed by atoms with Gasteiger partial charge in [-0.15, -0.1) is 0 Å². The van der Waals surface area contributed by atoms with E-state index >= 15 is 0 Å². The van der Waals surface area contributed by atoms with Gasteiger partial charge in [0.25, 0.3) is 0 Å². The standard InChI is InChI=1S/C12H14O/c1-3-4-5-6-11-7-9-12(13-2)10-8-11/h3-10H,1-2H3/b4-3+,6-5+. The molecule has 1 rings (SSSR count). The zero-order chi connectivity index (χ0) is 9.52. The fourth-order valence-electron chi connectivity index (χ4n) is 0.993. The van der Waals surface area contributed by atoms with Crippen LogP contribution in [0.2, 0.25) is 0 Å². The van der Waals surface area contributed by atoms with Crippen LogP contribution >= 0.6 is 0 Å². The molecule has 1 heteroatoms.